The fraction of sp³-hybridized carbons (Fsp3) is 0.269. The van der Waals surface area contributed by atoms with Crippen LogP contribution in [0.2, 0.25) is 0 Å². The number of thiocarbonyl (C=S) groups is 1. The van der Waals surface area contributed by atoms with E-state index in [0.717, 1.165) is 16.0 Å². The zero-order chi connectivity index (χ0) is 25.9. The molecule has 0 fully saturated rings. The lowest BCUT2D eigenvalue weighted by molar-refractivity contribution is -0.121. The number of carbonyl (C=O) groups is 2. The van der Waals surface area contributed by atoms with Gasteiger partial charge in [-0.2, -0.15) is 0 Å². The van der Waals surface area contributed by atoms with Crippen molar-refractivity contribution in [3.8, 4) is 11.5 Å². The van der Waals surface area contributed by atoms with Crippen LogP contribution in [0.25, 0.3) is 0 Å². The molecule has 0 unspecified atom stereocenters. The van der Waals surface area contributed by atoms with Crippen molar-refractivity contribution in [1.29, 1.82) is 0 Å². The molecule has 0 radical (unpaired) electrons. The SMILES string of the molecule is CCOc1ccc(CC(=O)NNC(=S)Nc2sc(Cc3ccccc3)cc2C(=O)OC)cc1OCC. The van der Waals surface area contributed by atoms with Crippen molar-refractivity contribution in [1.82, 2.24) is 10.9 Å². The topological polar surface area (TPSA) is 97.9 Å². The number of nitrogens with one attached hydrogen (secondary N) is 3. The van der Waals surface area contributed by atoms with Gasteiger partial charge in [0.15, 0.2) is 16.6 Å². The number of benzene rings is 2. The maximum Gasteiger partial charge on any atom is 0.340 e. The summed E-state index contributed by atoms with van der Waals surface area (Å²) in [6.45, 7) is 4.79. The molecule has 3 N–H and O–H groups in total. The molecule has 2 aromatic carbocycles. The molecule has 0 saturated heterocycles. The van der Waals surface area contributed by atoms with Crippen molar-refractivity contribution in [2.45, 2.75) is 26.7 Å². The van der Waals surface area contributed by atoms with Gasteiger partial charge >= 0.3 is 5.97 Å². The third-order valence-corrected chi connectivity index (χ3v) is 6.18. The van der Waals surface area contributed by atoms with Crippen LogP contribution < -0.4 is 25.6 Å². The molecule has 0 spiro atoms. The van der Waals surface area contributed by atoms with Gasteiger partial charge in [0, 0.05) is 11.3 Å². The van der Waals surface area contributed by atoms with Crippen LogP contribution in [-0.4, -0.2) is 37.3 Å². The Morgan fingerprint density at radius 2 is 1.64 bits per heavy atom. The Labute approximate surface area is 219 Å². The number of methoxy groups -OCH3 is 1. The highest BCUT2D eigenvalue weighted by atomic mass is 32.1. The molecular weight excluding hydrogens is 498 g/mol. The lowest BCUT2D eigenvalue weighted by Gasteiger charge is -2.13. The highest BCUT2D eigenvalue weighted by molar-refractivity contribution is 7.80. The molecular formula is C26H29N3O5S2. The van der Waals surface area contributed by atoms with Gasteiger partial charge in [0.2, 0.25) is 5.91 Å². The Bertz CT molecular complexity index is 1200. The molecule has 1 amide bonds. The Hall–Kier alpha value is -3.63. The van der Waals surface area contributed by atoms with Crippen molar-refractivity contribution in [3.63, 3.8) is 0 Å². The summed E-state index contributed by atoms with van der Waals surface area (Å²) in [6.07, 6.45) is 0.773. The molecule has 36 heavy (non-hydrogen) atoms. The average Bonchev–Trinajstić information content (AvgIpc) is 3.26. The molecule has 0 saturated carbocycles. The van der Waals surface area contributed by atoms with E-state index in [2.05, 4.69) is 16.2 Å². The summed E-state index contributed by atoms with van der Waals surface area (Å²) in [6, 6.07) is 17.1. The van der Waals surface area contributed by atoms with E-state index in [9.17, 15) is 9.59 Å². The van der Waals surface area contributed by atoms with Gasteiger partial charge in [-0.25, -0.2) is 4.79 Å². The second-order valence-corrected chi connectivity index (χ2v) is 9.11. The van der Waals surface area contributed by atoms with Crippen molar-refractivity contribution in [2.24, 2.45) is 0 Å². The summed E-state index contributed by atoms with van der Waals surface area (Å²) in [4.78, 5) is 25.7. The largest absolute Gasteiger partial charge is 0.490 e. The summed E-state index contributed by atoms with van der Waals surface area (Å²) in [5.74, 6) is 0.459. The van der Waals surface area contributed by atoms with E-state index in [1.165, 1.54) is 18.4 Å². The molecule has 0 aliphatic rings. The molecule has 0 aliphatic heterocycles. The molecule has 8 nitrogen and oxygen atoms in total. The molecule has 0 aliphatic carbocycles. The molecule has 0 atom stereocenters. The summed E-state index contributed by atoms with van der Waals surface area (Å²) in [7, 11) is 1.33. The predicted octanol–water partition coefficient (Wildman–Crippen LogP) is 4.48. The maximum absolute atomic E-state index is 12.5. The Kier molecular flexibility index (Phi) is 10.1. The molecule has 10 heteroatoms. The van der Waals surface area contributed by atoms with E-state index < -0.39 is 5.97 Å². The van der Waals surface area contributed by atoms with Gasteiger partial charge in [-0.1, -0.05) is 36.4 Å². The number of esters is 1. The van der Waals surface area contributed by atoms with E-state index in [-0.39, 0.29) is 17.4 Å². The number of amides is 1. The fourth-order valence-electron chi connectivity index (χ4n) is 3.38. The van der Waals surface area contributed by atoms with Crippen molar-refractivity contribution in [2.75, 3.05) is 25.6 Å². The van der Waals surface area contributed by atoms with Crippen molar-refractivity contribution < 1.29 is 23.8 Å². The van der Waals surface area contributed by atoms with Crippen LogP contribution in [0.1, 0.15) is 40.2 Å². The average molecular weight is 528 g/mol. The normalized spacial score (nSPS) is 10.3. The molecule has 0 bridgehead atoms. The first kappa shape index (κ1) is 27.0. The number of hydrogen-bond donors (Lipinski definition) is 3. The number of carbonyl (C=O) groups excluding carboxylic acids is 2. The van der Waals surface area contributed by atoms with Gasteiger partial charge in [-0.05, 0) is 55.4 Å². The number of rotatable bonds is 10. The summed E-state index contributed by atoms with van der Waals surface area (Å²) >= 11 is 6.72. The number of ether oxygens (including phenoxy) is 3. The number of hydrogen-bond acceptors (Lipinski definition) is 7. The van der Waals surface area contributed by atoms with Crippen molar-refractivity contribution >= 4 is 45.5 Å². The summed E-state index contributed by atoms with van der Waals surface area (Å²) in [5, 5.41) is 3.66. The van der Waals surface area contributed by atoms with E-state index in [4.69, 9.17) is 26.4 Å². The van der Waals surface area contributed by atoms with Gasteiger partial charge in [0.05, 0.1) is 32.3 Å². The van der Waals surface area contributed by atoms with Gasteiger partial charge in [-0.15, -0.1) is 11.3 Å². The van der Waals surface area contributed by atoms with Crippen LogP contribution in [0.15, 0.2) is 54.6 Å². The van der Waals surface area contributed by atoms with E-state index in [1.54, 1.807) is 18.2 Å². The van der Waals surface area contributed by atoms with E-state index in [0.29, 0.717) is 41.7 Å². The smallest absolute Gasteiger partial charge is 0.340 e. The minimum absolute atomic E-state index is 0.107. The third-order valence-electron chi connectivity index (χ3n) is 4.92. The zero-order valence-electron chi connectivity index (χ0n) is 20.4. The lowest BCUT2D eigenvalue weighted by atomic mass is 10.1. The van der Waals surface area contributed by atoms with Crippen LogP contribution >= 0.6 is 23.6 Å². The highest BCUT2D eigenvalue weighted by Crippen LogP contribution is 2.31. The molecule has 1 aromatic heterocycles. The number of hydrazine groups is 1. The maximum atomic E-state index is 12.5. The van der Waals surface area contributed by atoms with Gasteiger partial charge in [0.1, 0.15) is 5.00 Å². The van der Waals surface area contributed by atoms with Crippen LogP contribution in [0.5, 0.6) is 11.5 Å². The summed E-state index contributed by atoms with van der Waals surface area (Å²) < 4.78 is 16.1. The van der Waals surface area contributed by atoms with Gasteiger partial charge in [0.25, 0.3) is 0 Å². The standard InChI is InChI=1S/C26H29N3O5S2/c1-4-33-21-12-11-18(14-22(21)34-5-2)15-23(30)28-29-26(35)27-24-20(25(31)32-3)16-19(36-24)13-17-9-7-6-8-10-17/h6-12,14,16H,4-5,13,15H2,1-3H3,(H,28,30)(H2,27,29,35). The van der Waals surface area contributed by atoms with Crippen LogP contribution in [-0.2, 0) is 22.4 Å². The van der Waals surface area contributed by atoms with Gasteiger partial charge in [-0.3, -0.25) is 15.6 Å². The van der Waals surface area contributed by atoms with Crippen LogP contribution in [0, 0.1) is 0 Å². The zero-order valence-corrected chi connectivity index (χ0v) is 22.0. The lowest BCUT2D eigenvalue weighted by Crippen LogP contribution is -2.44. The van der Waals surface area contributed by atoms with Crippen molar-refractivity contribution in [3.05, 3.63) is 76.2 Å². The highest BCUT2D eigenvalue weighted by Gasteiger charge is 2.18. The fourth-order valence-corrected chi connectivity index (χ4v) is 4.68. The summed E-state index contributed by atoms with van der Waals surface area (Å²) in [5.41, 5.74) is 7.52. The Balaban J connectivity index is 1.60. The van der Waals surface area contributed by atoms with E-state index in [1.807, 2.05) is 50.2 Å². The van der Waals surface area contributed by atoms with E-state index >= 15 is 0 Å². The van der Waals surface area contributed by atoms with Crippen LogP contribution in [0.3, 0.4) is 0 Å². The Morgan fingerprint density at radius 1 is 0.917 bits per heavy atom. The first-order valence-corrected chi connectivity index (χ1v) is 12.6. The second-order valence-electron chi connectivity index (χ2n) is 7.56. The molecule has 190 valence electrons. The second kappa shape index (κ2) is 13.5. The minimum atomic E-state index is -0.472. The first-order valence-electron chi connectivity index (χ1n) is 11.4. The predicted molar refractivity (Wildman–Crippen MR) is 145 cm³/mol. The number of anilines is 1. The quantitative estimate of drug-likeness (QED) is 0.202. The first-order chi connectivity index (χ1) is 17.4. The monoisotopic (exact) mass is 527 g/mol. The molecule has 1 heterocycles. The molecule has 3 rings (SSSR count). The van der Waals surface area contributed by atoms with Gasteiger partial charge < -0.3 is 19.5 Å². The van der Waals surface area contributed by atoms with Crippen LogP contribution in [0.4, 0.5) is 5.00 Å². The Morgan fingerprint density at radius 3 is 2.33 bits per heavy atom. The number of thiophene rings is 1. The third kappa shape index (κ3) is 7.69. The minimum Gasteiger partial charge on any atom is -0.490 e. The molecule has 3 aromatic rings.